The van der Waals surface area contributed by atoms with Gasteiger partial charge in [-0.25, -0.2) is 25.3 Å². The van der Waals surface area contributed by atoms with Gasteiger partial charge in [-0.3, -0.25) is 19.2 Å². The fourth-order valence-electron chi connectivity index (χ4n) is 22.0. The number of alkyl halides is 6. The molecule has 126 heavy (non-hydrogen) atoms. The quantitative estimate of drug-likeness (QED) is 0.0234. The molecule has 3 saturated heterocycles. The lowest BCUT2D eigenvalue weighted by Crippen LogP contribution is -2.55. The predicted octanol–water partition coefficient (Wildman–Crippen LogP) is 14.3. The first-order valence-corrected chi connectivity index (χ1v) is 49.3. The highest BCUT2D eigenvalue weighted by Crippen LogP contribution is 2.63. The molecule has 18 rings (SSSR count). The Morgan fingerprint density at radius 1 is 0.437 bits per heavy atom. The molecule has 688 valence electrons. The molecule has 4 atom stereocenters. The van der Waals surface area contributed by atoms with Crippen LogP contribution in [0.4, 0.5) is 26.3 Å². The summed E-state index contributed by atoms with van der Waals surface area (Å²) in [4.78, 5) is 50.3. The molecule has 3 aliphatic heterocycles. The standard InChI is InChI=1S/C26H31NO3.C25H33F3N2O4S.C23H27F3N2O4S.C21H32N2O4S/c28-24(26-13-20-10-21(14-26)12-22(11-20)15-26)25(29)27-16-18-6-8-23(9-7-18)30-17-19-4-2-1-3-5-19;26-25(27,28)19-2-1-3-21(11-19)35(33,34)30-6-4-20(5-7-30)29-23(32)22(31)15-24-12-16-8-17(13-24)10-18(9-16)14-24;1-16-2-9-20(10-3-16)33(31,32)28-14-12-19(13-15-28)27-22(30)21(29)11-6-17-4-7-18(8-5-17)23(24,25)26;1-16-7-9-19(10-8-16)28(26,27)23-13-11-18(12-14-23)22-21(25)20(24)15-17-5-3-2-4-6-17/h1-9,20-22,24,28H,10-17H2,(H,27,29);1-3,11,16-18,20,22,31H,4-10,12-15H2,(H,29,32);2-5,7-10,19,21,29H,6,11-15H2,1H3,(H,27,30);7-10,17-18,20,24H,2-6,11-15H2,1H3,(H,22,25). The molecule has 0 radical (unpaired) electrons. The Morgan fingerprint density at radius 2 is 0.849 bits per heavy atom. The number of sulfonamides is 3. The molecule has 12 fully saturated rings. The number of carbonyl (C=O) groups is 4. The zero-order chi connectivity index (χ0) is 89.9. The Hall–Kier alpha value is -7.85. The van der Waals surface area contributed by atoms with Gasteiger partial charge in [0, 0.05) is 69.4 Å². The van der Waals surface area contributed by atoms with Crippen molar-refractivity contribution in [2.75, 3.05) is 39.3 Å². The van der Waals surface area contributed by atoms with E-state index in [1.54, 1.807) is 48.5 Å². The number of aryl methyl sites for hydroxylation is 3. The maximum absolute atomic E-state index is 13.0. The molecule has 31 heteroatoms. The maximum atomic E-state index is 13.0. The highest BCUT2D eigenvalue weighted by molar-refractivity contribution is 7.89. The number of piperidine rings is 3. The van der Waals surface area contributed by atoms with Gasteiger partial charge in [-0.1, -0.05) is 128 Å². The lowest BCUT2D eigenvalue weighted by molar-refractivity contribution is -0.155. The van der Waals surface area contributed by atoms with Crippen LogP contribution in [0.15, 0.2) is 166 Å². The summed E-state index contributed by atoms with van der Waals surface area (Å²) >= 11 is 0. The highest BCUT2D eigenvalue weighted by Gasteiger charge is 2.56. The second kappa shape index (κ2) is 41.5. The van der Waals surface area contributed by atoms with Crippen LogP contribution in [-0.4, -0.2) is 164 Å². The first-order chi connectivity index (χ1) is 59.8. The van der Waals surface area contributed by atoms with E-state index in [1.807, 2.05) is 68.4 Å². The summed E-state index contributed by atoms with van der Waals surface area (Å²) in [6, 6.07) is 39.1. The van der Waals surface area contributed by atoms with Gasteiger partial charge in [-0.05, 0) is 285 Å². The number of amides is 4. The summed E-state index contributed by atoms with van der Waals surface area (Å²) < 4.78 is 164. The van der Waals surface area contributed by atoms with Crippen molar-refractivity contribution < 1.29 is 95.9 Å². The summed E-state index contributed by atoms with van der Waals surface area (Å²) in [6.07, 6.45) is 10.8. The second-order valence-corrected chi connectivity index (χ2v) is 43.5. The van der Waals surface area contributed by atoms with Gasteiger partial charge >= 0.3 is 12.4 Å². The Labute approximate surface area is 737 Å². The van der Waals surface area contributed by atoms with Crippen LogP contribution in [0, 0.1) is 66.1 Å². The van der Waals surface area contributed by atoms with E-state index in [4.69, 9.17) is 4.74 Å². The number of ether oxygens (including phenoxy) is 1. The molecule has 3 heterocycles. The van der Waals surface area contributed by atoms with Crippen molar-refractivity contribution in [3.8, 4) is 5.75 Å². The Kier molecular flexibility index (Phi) is 31.5. The van der Waals surface area contributed by atoms with Crippen LogP contribution < -0.4 is 26.0 Å². The number of nitrogens with one attached hydrogen (secondary N) is 4. The first kappa shape index (κ1) is 95.7. The maximum Gasteiger partial charge on any atom is 0.416 e. The summed E-state index contributed by atoms with van der Waals surface area (Å²) in [7, 11) is -11.2. The van der Waals surface area contributed by atoms with E-state index in [1.165, 1.54) is 84.6 Å². The van der Waals surface area contributed by atoms with E-state index >= 15 is 0 Å². The van der Waals surface area contributed by atoms with Crippen LogP contribution in [0.2, 0.25) is 0 Å². The smallest absolute Gasteiger partial charge is 0.416 e. The molecule has 12 aliphatic rings. The number of hydrogen-bond donors (Lipinski definition) is 8. The lowest BCUT2D eigenvalue weighted by Gasteiger charge is -2.57. The monoisotopic (exact) mass is 1810 g/mol. The van der Waals surface area contributed by atoms with Gasteiger partial charge in [-0.2, -0.15) is 39.3 Å². The molecule has 8 bridgehead atoms. The van der Waals surface area contributed by atoms with Crippen molar-refractivity contribution in [3.05, 3.63) is 191 Å². The van der Waals surface area contributed by atoms with Crippen LogP contribution in [0.5, 0.6) is 5.75 Å². The fraction of sp³-hybridized carbons (Fsp3) is 0.579. The fourth-order valence-corrected chi connectivity index (χ4v) is 26.5. The summed E-state index contributed by atoms with van der Waals surface area (Å²) in [5, 5.41) is 53.6. The van der Waals surface area contributed by atoms with E-state index in [9.17, 15) is 91.2 Å². The molecule has 22 nitrogen and oxygen atoms in total. The minimum Gasteiger partial charge on any atom is -0.489 e. The molecule has 6 aromatic carbocycles. The van der Waals surface area contributed by atoms with E-state index in [-0.39, 0.29) is 89.6 Å². The number of benzene rings is 6. The van der Waals surface area contributed by atoms with Crippen molar-refractivity contribution in [2.45, 2.75) is 270 Å². The van der Waals surface area contributed by atoms with Crippen molar-refractivity contribution in [1.29, 1.82) is 0 Å². The molecule has 9 aliphatic carbocycles. The van der Waals surface area contributed by atoms with E-state index in [0.29, 0.717) is 100 Å². The van der Waals surface area contributed by atoms with Crippen molar-refractivity contribution in [3.63, 3.8) is 0 Å². The average Bonchev–Trinajstić information content (AvgIpc) is 0.759. The van der Waals surface area contributed by atoms with Gasteiger partial charge < -0.3 is 46.4 Å². The average molecular weight is 1810 g/mol. The normalized spacial score (nSPS) is 25.4. The zero-order valence-corrected chi connectivity index (χ0v) is 74.3. The number of hydrogen-bond acceptors (Lipinski definition) is 15. The summed E-state index contributed by atoms with van der Waals surface area (Å²) in [5.41, 5.74) is 2.86. The topological polar surface area (TPSA) is 319 Å². The Bertz CT molecular complexity index is 4920. The number of aliphatic hydroxyl groups excluding tert-OH is 4. The van der Waals surface area contributed by atoms with E-state index in [2.05, 4.69) is 21.3 Å². The molecule has 4 unspecified atom stereocenters. The number of nitrogens with zero attached hydrogens (tertiary/aromatic N) is 3. The third-order valence-electron chi connectivity index (χ3n) is 28.0. The summed E-state index contributed by atoms with van der Waals surface area (Å²) in [5.74, 6) is 4.14. The van der Waals surface area contributed by atoms with Gasteiger partial charge in [0.1, 0.15) is 36.8 Å². The van der Waals surface area contributed by atoms with Gasteiger partial charge in [0.25, 0.3) is 0 Å². The van der Waals surface area contributed by atoms with Crippen LogP contribution in [-0.2, 0) is 81.2 Å². The van der Waals surface area contributed by atoms with Crippen LogP contribution in [0.25, 0.3) is 0 Å². The molecule has 0 spiro atoms. The third kappa shape index (κ3) is 25.0. The SMILES string of the molecule is Cc1ccc(S(=O)(=O)N2CCC(NC(=O)C(O)CC3CCCCC3)CC2)cc1.Cc1ccc(S(=O)(=O)N2CCC(NC(=O)C(O)CCc3ccc(C(F)(F)F)cc3)CC2)cc1.O=C(NC1CCN(S(=O)(=O)c2cccc(C(F)(F)F)c2)CC1)C(O)CC12CC3CC(CC(C3)C1)C2.O=C(NCc1ccc(OCc2ccccc2)cc1)C(O)C12CC3CC(CC(C3)C1)C2. The highest BCUT2D eigenvalue weighted by atomic mass is 32.2. The number of carbonyl (C=O) groups excluding carboxylic acids is 4. The molecular weight excluding hydrogens is 1690 g/mol. The molecule has 6 aromatic rings. The minimum absolute atomic E-state index is 0.0673. The van der Waals surface area contributed by atoms with Gasteiger partial charge in [0.2, 0.25) is 53.7 Å². The van der Waals surface area contributed by atoms with Crippen molar-refractivity contribution in [2.24, 2.45) is 52.3 Å². The summed E-state index contributed by atoms with van der Waals surface area (Å²) in [6.45, 7) is 6.21. The molecular formula is C95H123F6N7O15S3. The molecule has 0 aromatic heterocycles. The van der Waals surface area contributed by atoms with Gasteiger partial charge in [0.05, 0.1) is 25.8 Å². The van der Waals surface area contributed by atoms with Crippen molar-refractivity contribution in [1.82, 2.24) is 34.2 Å². The number of aliphatic hydroxyl groups is 4. The predicted molar refractivity (Wildman–Crippen MR) is 463 cm³/mol. The van der Waals surface area contributed by atoms with Crippen LogP contribution in [0.1, 0.15) is 206 Å². The Morgan fingerprint density at radius 3 is 1.29 bits per heavy atom. The first-order valence-electron chi connectivity index (χ1n) is 45.0. The minimum atomic E-state index is -4.63. The molecule has 4 amide bonds. The molecule has 8 N–H and O–H groups in total. The van der Waals surface area contributed by atoms with Crippen LogP contribution in [0.3, 0.4) is 0 Å². The van der Waals surface area contributed by atoms with E-state index in [0.717, 1.165) is 143 Å². The van der Waals surface area contributed by atoms with Crippen molar-refractivity contribution >= 4 is 53.7 Å². The zero-order valence-electron chi connectivity index (χ0n) is 71.9. The second-order valence-electron chi connectivity index (χ2n) is 37.7. The van der Waals surface area contributed by atoms with Crippen LogP contribution >= 0.6 is 0 Å². The number of halogens is 6. The van der Waals surface area contributed by atoms with E-state index < -0.39 is 89.8 Å². The largest absolute Gasteiger partial charge is 0.489 e. The molecule has 9 saturated carbocycles. The third-order valence-corrected chi connectivity index (χ3v) is 33.8. The Balaban J connectivity index is 0.000000144. The van der Waals surface area contributed by atoms with Gasteiger partial charge in [0.15, 0.2) is 0 Å². The lowest BCUT2D eigenvalue weighted by atomic mass is 9.48. The van der Waals surface area contributed by atoms with Gasteiger partial charge in [-0.15, -0.1) is 0 Å². The number of rotatable bonds is 26.